The number of aromatic nitrogens is 2. The maximum atomic E-state index is 5.56. The zero-order chi connectivity index (χ0) is 14.9. The van der Waals surface area contributed by atoms with E-state index in [1.807, 2.05) is 29.6 Å². The number of nitrogens with two attached hydrogens (primary N) is 1. The third-order valence-corrected chi connectivity index (χ3v) is 6.88. The normalized spacial score (nSPS) is 27.4. The molecule has 1 aliphatic heterocycles. The van der Waals surface area contributed by atoms with Gasteiger partial charge in [-0.05, 0) is 0 Å². The largest absolute Gasteiger partial charge is 0.308 e. The molecule has 0 saturated carbocycles. The Balaban J connectivity index is 2.31. The van der Waals surface area contributed by atoms with E-state index < -0.39 is 0 Å². The zero-order valence-electron chi connectivity index (χ0n) is 12.8. The highest BCUT2D eigenvalue weighted by Crippen LogP contribution is 2.43. The molecule has 112 valence electrons. The first-order valence-corrected chi connectivity index (χ1v) is 8.93. The molecule has 2 rings (SSSR count). The van der Waals surface area contributed by atoms with Crippen molar-refractivity contribution in [3.05, 3.63) is 17.6 Å². The SMILES string of the molecule is CC1SCC(c2nc(NN)cc(C(C)(C)C)n2)SC1C. The number of nitrogens with zero attached hydrogens (tertiary/aromatic N) is 2. The molecule has 1 aromatic heterocycles. The Morgan fingerprint density at radius 1 is 1.25 bits per heavy atom. The van der Waals surface area contributed by atoms with Crippen LogP contribution in [0.3, 0.4) is 0 Å². The second kappa shape index (κ2) is 6.12. The van der Waals surface area contributed by atoms with Crippen LogP contribution in [0, 0.1) is 0 Å². The van der Waals surface area contributed by atoms with Gasteiger partial charge >= 0.3 is 0 Å². The molecule has 0 bridgehead atoms. The van der Waals surface area contributed by atoms with Gasteiger partial charge in [0.1, 0.15) is 11.6 Å². The molecule has 3 unspecified atom stereocenters. The average molecular weight is 313 g/mol. The summed E-state index contributed by atoms with van der Waals surface area (Å²) in [6, 6.07) is 1.94. The number of hydrogen-bond acceptors (Lipinski definition) is 6. The van der Waals surface area contributed by atoms with E-state index >= 15 is 0 Å². The maximum Gasteiger partial charge on any atom is 0.144 e. The predicted octanol–water partition coefficient (Wildman–Crippen LogP) is 3.36. The van der Waals surface area contributed by atoms with Gasteiger partial charge in [0.15, 0.2) is 0 Å². The lowest BCUT2D eigenvalue weighted by Gasteiger charge is -2.31. The lowest BCUT2D eigenvalue weighted by atomic mass is 9.92. The molecule has 6 heteroatoms. The Hall–Kier alpha value is -0.460. The molecular formula is C14H24N4S2. The van der Waals surface area contributed by atoms with Crippen LogP contribution in [0.15, 0.2) is 6.07 Å². The lowest BCUT2D eigenvalue weighted by Crippen LogP contribution is -2.25. The van der Waals surface area contributed by atoms with Gasteiger partial charge in [-0.25, -0.2) is 15.8 Å². The molecule has 0 spiro atoms. The Bertz CT molecular complexity index is 473. The first kappa shape index (κ1) is 15.9. The fourth-order valence-corrected chi connectivity index (χ4v) is 4.83. The summed E-state index contributed by atoms with van der Waals surface area (Å²) in [4.78, 5) is 9.36. The highest BCUT2D eigenvalue weighted by Gasteiger charge is 2.29. The molecule has 1 aromatic rings. The van der Waals surface area contributed by atoms with Gasteiger partial charge in [-0.1, -0.05) is 34.6 Å². The van der Waals surface area contributed by atoms with Crippen molar-refractivity contribution in [1.29, 1.82) is 0 Å². The molecule has 4 nitrogen and oxygen atoms in total. The fourth-order valence-electron chi connectivity index (χ4n) is 1.99. The van der Waals surface area contributed by atoms with Crippen molar-refractivity contribution in [2.45, 2.75) is 55.8 Å². The van der Waals surface area contributed by atoms with Gasteiger partial charge in [0.2, 0.25) is 0 Å². The van der Waals surface area contributed by atoms with Crippen molar-refractivity contribution in [3.8, 4) is 0 Å². The van der Waals surface area contributed by atoms with Crippen LogP contribution < -0.4 is 11.3 Å². The number of rotatable bonds is 2. The molecule has 1 fully saturated rings. The summed E-state index contributed by atoms with van der Waals surface area (Å²) in [5, 5.41) is 1.66. The van der Waals surface area contributed by atoms with Crippen molar-refractivity contribution >= 4 is 29.3 Å². The molecule has 1 aliphatic rings. The van der Waals surface area contributed by atoms with Crippen LogP contribution in [0.2, 0.25) is 0 Å². The third kappa shape index (κ3) is 3.59. The number of hydrazine groups is 1. The molecular weight excluding hydrogens is 288 g/mol. The van der Waals surface area contributed by atoms with Gasteiger partial charge in [-0.15, -0.1) is 11.8 Å². The topological polar surface area (TPSA) is 63.8 Å². The number of anilines is 1. The third-order valence-electron chi connectivity index (χ3n) is 3.50. The van der Waals surface area contributed by atoms with Crippen molar-refractivity contribution < 1.29 is 0 Å². The monoisotopic (exact) mass is 312 g/mol. The van der Waals surface area contributed by atoms with Crippen molar-refractivity contribution in [1.82, 2.24) is 9.97 Å². The Morgan fingerprint density at radius 3 is 2.50 bits per heavy atom. The second-order valence-corrected chi connectivity index (χ2v) is 9.25. The molecule has 3 N–H and O–H groups in total. The van der Waals surface area contributed by atoms with Crippen molar-refractivity contribution in [2.75, 3.05) is 11.2 Å². The van der Waals surface area contributed by atoms with Crippen LogP contribution in [0.4, 0.5) is 5.82 Å². The van der Waals surface area contributed by atoms with Crippen LogP contribution in [0.5, 0.6) is 0 Å². The average Bonchev–Trinajstić information content (AvgIpc) is 2.40. The van der Waals surface area contributed by atoms with E-state index in [1.165, 1.54) is 0 Å². The smallest absolute Gasteiger partial charge is 0.144 e. The Kier molecular flexibility index (Phi) is 4.87. The number of hydrogen-bond donors (Lipinski definition) is 2. The lowest BCUT2D eigenvalue weighted by molar-refractivity contribution is 0.562. The van der Waals surface area contributed by atoms with E-state index in [1.54, 1.807) is 0 Å². The second-order valence-electron chi connectivity index (χ2n) is 6.26. The summed E-state index contributed by atoms with van der Waals surface area (Å²) in [5.74, 6) is 8.23. The van der Waals surface area contributed by atoms with E-state index in [-0.39, 0.29) is 5.41 Å². The standard InChI is InChI=1S/C14H24N4S2/c1-8-9(2)20-10(7-19-8)13-16-11(14(3,4)5)6-12(17-13)18-15/h6,8-10H,7,15H2,1-5H3,(H,16,17,18). The van der Waals surface area contributed by atoms with Crippen LogP contribution in [-0.4, -0.2) is 26.2 Å². The summed E-state index contributed by atoms with van der Waals surface area (Å²) < 4.78 is 0. The highest BCUT2D eigenvalue weighted by atomic mass is 32.2. The molecule has 0 aromatic carbocycles. The van der Waals surface area contributed by atoms with E-state index in [0.29, 0.717) is 21.6 Å². The van der Waals surface area contributed by atoms with E-state index in [0.717, 1.165) is 17.3 Å². The molecule has 0 amide bonds. The number of nitrogens with one attached hydrogen (secondary N) is 1. The van der Waals surface area contributed by atoms with E-state index in [9.17, 15) is 0 Å². The van der Waals surface area contributed by atoms with Gasteiger partial charge in [0, 0.05) is 27.7 Å². The van der Waals surface area contributed by atoms with Gasteiger partial charge in [0.05, 0.1) is 10.9 Å². The van der Waals surface area contributed by atoms with Crippen LogP contribution in [-0.2, 0) is 5.41 Å². The first-order chi connectivity index (χ1) is 9.31. The maximum absolute atomic E-state index is 5.56. The zero-order valence-corrected chi connectivity index (χ0v) is 14.4. The first-order valence-electron chi connectivity index (χ1n) is 6.94. The number of thioether (sulfide) groups is 2. The number of nitrogen functional groups attached to an aromatic ring is 1. The minimum atomic E-state index is -0.00528. The quantitative estimate of drug-likeness (QED) is 0.645. The van der Waals surface area contributed by atoms with Gasteiger partial charge < -0.3 is 5.43 Å². The summed E-state index contributed by atoms with van der Waals surface area (Å²) in [5.41, 5.74) is 3.70. The molecule has 3 atom stereocenters. The van der Waals surface area contributed by atoms with E-state index in [2.05, 4.69) is 45.0 Å². The molecule has 2 heterocycles. The molecule has 0 aliphatic carbocycles. The summed E-state index contributed by atoms with van der Waals surface area (Å²) in [6.45, 7) is 11.1. The van der Waals surface area contributed by atoms with Crippen molar-refractivity contribution in [2.24, 2.45) is 5.84 Å². The Labute approximate surface area is 130 Å². The van der Waals surface area contributed by atoms with Crippen LogP contribution >= 0.6 is 23.5 Å². The van der Waals surface area contributed by atoms with Gasteiger partial charge in [-0.2, -0.15) is 11.8 Å². The van der Waals surface area contributed by atoms with Crippen molar-refractivity contribution in [3.63, 3.8) is 0 Å². The van der Waals surface area contributed by atoms with Gasteiger partial charge in [-0.3, -0.25) is 0 Å². The van der Waals surface area contributed by atoms with Crippen LogP contribution in [0.25, 0.3) is 0 Å². The fraction of sp³-hybridized carbons (Fsp3) is 0.714. The highest BCUT2D eigenvalue weighted by molar-refractivity contribution is 8.07. The Morgan fingerprint density at radius 2 is 1.95 bits per heavy atom. The molecule has 20 heavy (non-hydrogen) atoms. The minimum Gasteiger partial charge on any atom is -0.308 e. The minimum absolute atomic E-state index is 0.00528. The van der Waals surface area contributed by atoms with E-state index in [4.69, 9.17) is 10.8 Å². The molecule has 1 saturated heterocycles. The summed E-state index contributed by atoms with van der Waals surface area (Å²) in [7, 11) is 0. The predicted molar refractivity (Wildman–Crippen MR) is 90.3 cm³/mol. The summed E-state index contributed by atoms with van der Waals surface area (Å²) in [6.07, 6.45) is 0. The van der Waals surface area contributed by atoms with Crippen LogP contribution in [0.1, 0.15) is 51.4 Å². The van der Waals surface area contributed by atoms with Gasteiger partial charge in [0.25, 0.3) is 0 Å². The summed E-state index contributed by atoms with van der Waals surface area (Å²) >= 11 is 3.98. The molecule has 0 radical (unpaired) electrons.